The molecule has 0 aliphatic heterocycles. The SMILES string of the molecule is CSc1ccc(CCN(C)CS)cc1. The van der Waals surface area contributed by atoms with E-state index in [1.165, 1.54) is 10.5 Å². The maximum Gasteiger partial charge on any atom is 0.0411 e. The van der Waals surface area contributed by atoms with Gasteiger partial charge in [-0.15, -0.1) is 11.8 Å². The van der Waals surface area contributed by atoms with Gasteiger partial charge in [0.15, 0.2) is 0 Å². The smallest absolute Gasteiger partial charge is 0.0411 e. The summed E-state index contributed by atoms with van der Waals surface area (Å²) in [6.07, 6.45) is 3.20. The molecule has 0 atom stereocenters. The van der Waals surface area contributed by atoms with E-state index in [2.05, 4.69) is 55.1 Å². The van der Waals surface area contributed by atoms with Crippen molar-refractivity contribution in [3.63, 3.8) is 0 Å². The Kier molecular flexibility index (Phi) is 5.45. The van der Waals surface area contributed by atoms with Crippen molar-refractivity contribution in [2.24, 2.45) is 0 Å². The van der Waals surface area contributed by atoms with Gasteiger partial charge in [-0.3, -0.25) is 4.90 Å². The van der Waals surface area contributed by atoms with Crippen LogP contribution in [0.2, 0.25) is 0 Å². The van der Waals surface area contributed by atoms with Gasteiger partial charge in [-0.1, -0.05) is 12.1 Å². The van der Waals surface area contributed by atoms with E-state index in [4.69, 9.17) is 0 Å². The van der Waals surface area contributed by atoms with Gasteiger partial charge >= 0.3 is 0 Å². The lowest BCUT2D eigenvalue weighted by molar-refractivity contribution is 0.399. The van der Waals surface area contributed by atoms with E-state index in [9.17, 15) is 0 Å². The second-order valence-electron chi connectivity index (χ2n) is 3.32. The molecular weight excluding hydrogens is 210 g/mol. The van der Waals surface area contributed by atoms with Crippen molar-refractivity contribution in [1.29, 1.82) is 0 Å². The fraction of sp³-hybridized carbons (Fsp3) is 0.455. The minimum absolute atomic E-state index is 0.822. The Labute approximate surface area is 96.3 Å². The number of thiol groups is 1. The standard InChI is InChI=1S/C11H17NS2/c1-12(9-13)8-7-10-3-5-11(14-2)6-4-10/h3-6,13H,7-9H2,1-2H3. The Morgan fingerprint density at radius 2 is 1.93 bits per heavy atom. The van der Waals surface area contributed by atoms with Crippen LogP contribution in [-0.4, -0.2) is 30.6 Å². The summed E-state index contributed by atoms with van der Waals surface area (Å²) in [5.41, 5.74) is 1.40. The van der Waals surface area contributed by atoms with Crippen LogP contribution in [0.25, 0.3) is 0 Å². The molecule has 0 saturated carbocycles. The van der Waals surface area contributed by atoms with Gasteiger partial charge in [-0.2, -0.15) is 12.6 Å². The molecule has 1 aromatic carbocycles. The minimum Gasteiger partial charge on any atom is -0.297 e. The predicted octanol–water partition coefficient (Wildman–Crippen LogP) is 2.77. The van der Waals surface area contributed by atoms with E-state index in [0.29, 0.717) is 0 Å². The number of hydrogen-bond donors (Lipinski definition) is 1. The average molecular weight is 227 g/mol. The van der Waals surface area contributed by atoms with E-state index >= 15 is 0 Å². The summed E-state index contributed by atoms with van der Waals surface area (Å²) in [6, 6.07) is 8.78. The fourth-order valence-electron chi connectivity index (χ4n) is 1.18. The molecule has 0 unspecified atom stereocenters. The first kappa shape index (κ1) is 12.0. The van der Waals surface area contributed by atoms with Crippen LogP contribution in [-0.2, 0) is 6.42 Å². The summed E-state index contributed by atoms with van der Waals surface area (Å²) in [5.74, 6) is 0.822. The Balaban J connectivity index is 2.43. The number of nitrogens with zero attached hydrogens (tertiary/aromatic N) is 1. The number of rotatable bonds is 5. The molecule has 0 spiro atoms. The lowest BCUT2D eigenvalue weighted by Gasteiger charge is -2.12. The molecule has 0 N–H and O–H groups in total. The third-order valence-corrected chi connectivity index (χ3v) is 3.41. The largest absolute Gasteiger partial charge is 0.297 e. The first-order chi connectivity index (χ1) is 6.76. The molecule has 0 aliphatic rings. The Morgan fingerprint density at radius 3 is 2.43 bits per heavy atom. The van der Waals surface area contributed by atoms with Crippen LogP contribution in [0.4, 0.5) is 0 Å². The zero-order chi connectivity index (χ0) is 10.4. The van der Waals surface area contributed by atoms with Crippen LogP contribution in [0, 0.1) is 0 Å². The highest BCUT2D eigenvalue weighted by atomic mass is 32.2. The summed E-state index contributed by atoms with van der Waals surface area (Å²) >= 11 is 6.00. The molecule has 0 amide bonds. The normalized spacial score (nSPS) is 10.9. The van der Waals surface area contributed by atoms with Crippen molar-refractivity contribution in [3.8, 4) is 0 Å². The maximum atomic E-state index is 4.22. The van der Waals surface area contributed by atoms with E-state index in [1.807, 2.05) is 0 Å². The first-order valence-electron chi connectivity index (χ1n) is 4.68. The van der Waals surface area contributed by atoms with Crippen LogP contribution >= 0.6 is 24.4 Å². The van der Waals surface area contributed by atoms with Gasteiger partial charge in [-0.25, -0.2) is 0 Å². The van der Waals surface area contributed by atoms with Crippen LogP contribution < -0.4 is 0 Å². The topological polar surface area (TPSA) is 3.24 Å². The molecule has 14 heavy (non-hydrogen) atoms. The monoisotopic (exact) mass is 227 g/mol. The number of benzene rings is 1. The second-order valence-corrected chi connectivity index (χ2v) is 4.48. The van der Waals surface area contributed by atoms with Crippen LogP contribution in [0.5, 0.6) is 0 Å². The average Bonchev–Trinajstić information content (AvgIpc) is 2.26. The molecule has 0 saturated heterocycles. The molecular formula is C11H17NS2. The van der Waals surface area contributed by atoms with Gasteiger partial charge in [0.2, 0.25) is 0 Å². The zero-order valence-corrected chi connectivity index (χ0v) is 10.4. The zero-order valence-electron chi connectivity index (χ0n) is 8.73. The molecule has 1 rings (SSSR count). The van der Waals surface area contributed by atoms with Gasteiger partial charge in [0.1, 0.15) is 0 Å². The molecule has 0 heterocycles. The number of hydrogen-bond acceptors (Lipinski definition) is 3. The minimum atomic E-state index is 0.822. The third-order valence-electron chi connectivity index (χ3n) is 2.18. The molecule has 0 fully saturated rings. The fourth-order valence-corrected chi connectivity index (χ4v) is 1.73. The molecule has 1 aromatic rings. The molecule has 0 radical (unpaired) electrons. The molecule has 0 aliphatic carbocycles. The summed E-state index contributed by atoms with van der Waals surface area (Å²) in [7, 11) is 2.09. The van der Waals surface area contributed by atoms with E-state index in [1.54, 1.807) is 11.8 Å². The Bertz CT molecular complexity index is 258. The van der Waals surface area contributed by atoms with Crippen molar-refractivity contribution in [2.45, 2.75) is 11.3 Å². The molecule has 0 aromatic heterocycles. The van der Waals surface area contributed by atoms with Gasteiger partial charge < -0.3 is 0 Å². The van der Waals surface area contributed by atoms with Gasteiger partial charge in [-0.05, 0) is 37.4 Å². The summed E-state index contributed by atoms with van der Waals surface area (Å²) in [5, 5.41) is 0. The van der Waals surface area contributed by atoms with Crippen molar-refractivity contribution >= 4 is 24.4 Å². The van der Waals surface area contributed by atoms with Crippen molar-refractivity contribution in [1.82, 2.24) is 4.90 Å². The number of thioether (sulfide) groups is 1. The van der Waals surface area contributed by atoms with Crippen molar-refractivity contribution in [3.05, 3.63) is 29.8 Å². The quantitative estimate of drug-likeness (QED) is 0.468. The van der Waals surface area contributed by atoms with Crippen LogP contribution in [0.3, 0.4) is 0 Å². The van der Waals surface area contributed by atoms with E-state index < -0.39 is 0 Å². The molecule has 1 nitrogen and oxygen atoms in total. The number of likely N-dealkylation sites (N-methyl/N-ethyl adjacent to an activating group) is 1. The van der Waals surface area contributed by atoms with Gasteiger partial charge in [0, 0.05) is 17.3 Å². The highest BCUT2D eigenvalue weighted by molar-refractivity contribution is 7.98. The summed E-state index contributed by atoms with van der Waals surface area (Å²) in [4.78, 5) is 3.53. The second kappa shape index (κ2) is 6.38. The van der Waals surface area contributed by atoms with Crippen LogP contribution in [0.1, 0.15) is 5.56 Å². The van der Waals surface area contributed by atoms with Gasteiger partial charge in [0.25, 0.3) is 0 Å². The van der Waals surface area contributed by atoms with Crippen molar-refractivity contribution < 1.29 is 0 Å². The molecule has 3 heteroatoms. The Morgan fingerprint density at radius 1 is 1.29 bits per heavy atom. The highest BCUT2D eigenvalue weighted by Gasteiger charge is 1.97. The molecule has 0 bridgehead atoms. The van der Waals surface area contributed by atoms with Gasteiger partial charge in [0.05, 0.1) is 0 Å². The van der Waals surface area contributed by atoms with E-state index in [0.717, 1.165) is 18.8 Å². The lowest BCUT2D eigenvalue weighted by Crippen LogP contribution is -2.19. The van der Waals surface area contributed by atoms with Crippen LogP contribution in [0.15, 0.2) is 29.2 Å². The summed E-state index contributed by atoms with van der Waals surface area (Å²) in [6.45, 7) is 1.07. The van der Waals surface area contributed by atoms with Crippen molar-refractivity contribution in [2.75, 3.05) is 25.7 Å². The lowest BCUT2D eigenvalue weighted by atomic mass is 10.1. The predicted molar refractivity (Wildman–Crippen MR) is 68.4 cm³/mol. The molecule has 78 valence electrons. The maximum absolute atomic E-state index is 4.22. The Hall–Kier alpha value is -0.120. The first-order valence-corrected chi connectivity index (χ1v) is 6.54. The summed E-state index contributed by atoms with van der Waals surface area (Å²) < 4.78 is 0. The van der Waals surface area contributed by atoms with E-state index in [-0.39, 0.29) is 0 Å². The highest BCUT2D eigenvalue weighted by Crippen LogP contribution is 2.15. The third kappa shape index (κ3) is 3.95.